The first-order chi connectivity index (χ1) is 15.6. The number of nitrogens with zero attached hydrogens (tertiary/aromatic N) is 2. The molecule has 0 aliphatic rings. The molecule has 0 aliphatic heterocycles. The molecule has 0 atom stereocenters. The average Bonchev–Trinajstić information content (AvgIpc) is 3.46. The molecule has 156 valence electrons. The second-order valence-corrected chi connectivity index (χ2v) is 7.87. The SMILES string of the molecule is O=C(C=Cc1ccc(-c2ccc(Br)cc2)o1)Nc1ccc(-c2nc3ncccc3o2)cc1. The largest absolute Gasteiger partial charge is 0.457 e. The number of aromatic nitrogens is 2. The molecule has 7 heteroatoms. The number of carbonyl (C=O) groups is 1. The van der Waals surface area contributed by atoms with E-state index in [1.54, 1.807) is 30.5 Å². The molecule has 3 aromatic heterocycles. The fraction of sp³-hybridized carbons (Fsp3) is 0. The zero-order valence-electron chi connectivity index (χ0n) is 16.7. The molecule has 3 heterocycles. The zero-order chi connectivity index (χ0) is 21.9. The molecule has 2 aromatic carbocycles. The van der Waals surface area contributed by atoms with Crippen LogP contribution in [0.1, 0.15) is 5.76 Å². The Morgan fingerprint density at radius 1 is 0.906 bits per heavy atom. The summed E-state index contributed by atoms with van der Waals surface area (Å²) in [6.45, 7) is 0. The number of rotatable bonds is 5. The van der Waals surface area contributed by atoms with Crippen LogP contribution in [0, 0.1) is 0 Å². The first kappa shape index (κ1) is 20.0. The lowest BCUT2D eigenvalue weighted by Crippen LogP contribution is -2.07. The molecule has 32 heavy (non-hydrogen) atoms. The highest BCUT2D eigenvalue weighted by Gasteiger charge is 2.09. The number of hydrogen-bond donors (Lipinski definition) is 1. The summed E-state index contributed by atoms with van der Waals surface area (Å²) in [4.78, 5) is 20.8. The number of nitrogens with one attached hydrogen (secondary N) is 1. The van der Waals surface area contributed by atoms with E-state index >= 15 is 0 Å². The van der Waals surface area contributed by atoms with Crippen LogP contribution in [0.2, 0.25) is 0 Å². The van der Waals surface area contributed by atoms with Gasteiger partial charge >= 0.3 is 0 Å². The Balaban J connectivity index is 1.23. The summed E-state index contributed by atoms with van der Waals surface area (Å²) in [6.07, 6.45) is 4.74. The van der Waals surface area contributed by atoms with Gasteiger partial charge in [-0.3, -0.25) is 4.79 Å². The van der Waals surface area contributed by atoms with Gasteiger partial charge in [-0.1, -0.05) is 28.1 Å². The van der Waals surface area contributed by atoms with Crippen LogP contribution in [0.3, 0.4) is 0 Å². The van der Waals surface area contributed by atoms with E-state index in [1.807, 2.05) is 54.6 Å². The second-order valence-electron chi connectivity index (χ2n) is 6.95. The fourth-order valence-electron chi connectivity index (χ4n) is 3.14. The smallest absolute Gasteiger partial charge is 0.248 e. The van der Waals surface area contributed by atoms with Crippen molar-refractivity contribution in [3.63, 3.8) is 0 Å². The molecule has 1 N–H and O–H groups in total. The minimum absolute atomic E-state index is 0.259. The number of fused-ring (bicyclic) bond motifs is 1. The van der Waals surface area contributed by atoms with Gasteiger partial charge in [0.2, 0.25) is 11.8 Å². The van der Waals surface area contributed by atoms with Crippen molar-refractivity contribution in [3.8, 4) is 22.8 Å². The molecule has 0 aliphatic carbocycles. The van der Waals surface area contributed by atoms with Crippen molar-refractivity contribution in [1.82, 2.24) is 9.97 Å². The maximum atomic E-state index is 12.3. The Bertz CT molecular complexity index is 1380. The molecule has 6 nitrogen and oxygen atoms in total. The highest BCUT2D eigenvalue weighted by molar-refractivity contribution is 9.10. The molecule has 0 unspecified atom stereocenters. The number of carbonyl (C=O) groups excluding carboxylic acids is 1. The molecule has 0 saturated carbocycles. The van der Waals surface area contributed by atoms with Crippen LogP contribution in [0.15, 0.2) is 98.4 Å². The molecule has 5 aromatic rings. The molecule has 0 bridgehead atoms. The summed E-state index contributed by atoms with van der Waals surface area (Å²) in [7, 11) is 0. The Morgan fingerprint density at radius 2 is 1.69 bits per heavy atom. The van der Waals surface area contributed by atoms with Crippen molar-refractivity contribution in [2.24, 2.45) is 0 Å². The average molecular weight is 486 g/mol. The van der Waals surface area contributed by atoms with E-state index in [-0.39, 0.29) is 5.91 Å². The van der Waals surface area contributed by atoms with Crippen LogP contribution in [0.4, 0.5) is 5.69 Å². The lowest BCUT2D eigenvalue weighted by molar-refractivity contribution is -0.111. The third-order valence-electron chi connectivity index (χ3n) is 4.72. The number of halogens is 1. The predicted octanol–water partition coefficient (Wildman–Crippen LogP) is 6.56. The summed E-state index contributed by atoms with van der Waals surface area (Å²) in [5.74, 6) is 1.56. The minimum atomic E-state index is -0.259. The van der Waals surface area contributed by atoms with E-state index in [2.05, 4.69) is 31.2 Å². The number of oxazole rings is 1. The lowest BCUT2D eigenvalue weighted by atomic mass is 10.2. The van der Waals surface area contributed by atoms with E-state index in [9.17, 15) is 4.79 Å². The van der Waals surface area contributed by atoms with Gasteiger partial charge in [-0.2, -0.15) is 4.98 Å². The molecular formula is C25H16BrN3O3. The van der Waals surface area contributed by atoms with E-state index in [1.165, 1.54) is 6.08 Å². The summed E-state index contributed by atoms with van der Waals surface area (Å²) >= 11 is 3.42. The van der Waals surface area contributed by atoms with E-state index in [0.29, 0.717) is 28.6 Å². The van der Waals surface area contributed by atoms with Crippen LogP contribution in [-0.4, -0.2) is 15.9 Å². The zero-order valence-corrected chi connectivity index (χ0v) is 18.2. The van der Waals surface area contributed by atoms with Gasteiger partial charge in [0.25, 0.3) is 0 Å². The second kappa shape index (κ2) is 8.64. The standard InChI is InChI=1S/C25H16BrN3O3/c26-18-7-3-16(4-8-18)21-13-11-20(31-21)12-14-23(30)28-19-9-5-17(6-10-19)25-29-24-22(32-25)2-1-15-27-24/h1-15H,(H,28,30). The number of amides is 1. The third kappa shape index (κ3) is 4.38. The van der Waals surface area contributed by atoms with Crippen molar-refractivity contribution in [3.05, 3.63) is 95.3 Å². The van der Waals surface area contributed by atoms with Gasteiger partial charge in [0.05, 0.1) is 0 Å². The van der Waals surface area contributed by atoms with Crippen LogP contribution in [-0.2, 0) is 4.79 Å². The predicted molar refractivity (Wildman–Crippen MR) is 127 cm³/mol. The van der Waals surface area contributed by atoms with Crippen molar-refractivity contribution >= 4 is 44.8 Å². The quantitative estimate of drug-likeness (QED) is 0.285. The Kier molecular flexibility index (Phi) is 5.39. The molecular weight excluding hydrogens is 470 g/mol. The number of furan rings is 1. The maximum absolute atomic E-state index is 12.3. The van der Waals surface area contributed by atoms with Crippen LogP contribution < -0.4 is 5.32 Å². The van der Waals surface area contributed by atoms with E-state index in [4.69, 9.17) is 8.83 Å². The first-order valence-electron chi connectivity index (χ1n) is 9.81. The molecule has 5 rings (SSSR count). The van der Waals surface area contributed by atoms with E-state index < -0.39 is 0 Å². The van der Waals surface area contributed by atoms with Gasteiger partial charge in [0, 0.05) is 33.6 Å². The van der Waals surface area contributed by atoms with Crippen molar-refractivity contribution in [2.45, 2.75) is 0 Å². The van der Waals surface area contributed by atoms with Crippen LogP contribution in [0.25, 0.3) is 40.1 Å². The first-order valence-corrected chi connectivity index (χ1v) is 10.6. The Labute approximate surface area is 191 Å². The molecule has 0 radical (unpaired) electrons. The maximum Gasteiger partial charge on any atom is 0.248 e. The van der Waals surface area contributed by atoms with Crippen molar-refractivity contribution in [1.29, 1.82) is 0 Å². The number of pyridine rings is 1. The van der Waals surface area contributed by atoms with Gasteiger partial charge in [0.15, 0.2) is 11.2 Å². The van der Waals surface area contributed by atoms with Crippen LogP contribution in [0.5, 0.6) is 0 Å². The van der Waals surface area contributed by atoms with Gasteiger partial charge in [-0.05, 0) is 66.7 Å². The number of hydrogen-bond acceptors (Lipinski definition) is 5. The van der Waals surface area contributed by atoms with Gasteiger partial charge < -0.3 is 14.2 Å². The minimum Gasteiger partial charge on any atom is -0.457 e. The fourth-order valence-corrected chi connectivity index (χ4v) is 3.41. The summed E-state index contributed by atoms with van der Waals surface area (Å²) in [5, 5.41) is 2.83. The Hall–Kier alpha value is -3.97. The van der Waals surface area contributed by atoms with Gasteiger partial charge in [-0.15, -0.1) is 0 Å². The molecule has 0 saturated heterocycles. The van der Waals surface area contributed by atoms with E-state index in [0.717, 1.165) is 21.4 Å². The summed E-state index contributed by atoms with van der Waals surface area (Å²) in [5.41, 5.74) is 3.62. The highest BCUT2D eigenvalue weighted by Crippen LogP contribution is 2.25. The highest BCUT2D eigenvalue weighted by atomic mass is 79.9. The Morgan fingerprint density at radius 3 is 2.47 bits per heavy atom. The van der Waals surface area contributed by atoms with Crippen LogP contribution >= 0.6 is 15.9 Å². The van der Waals surface area contributed by atoms with Gasteiger partial charge in [0.1, 0.15) is 11.5 Å². The van der Waals surface area contributed by atoms with Crippen molar-refractivity contribution < 1.29 is 13.6 Å². The summed E-state index contributed by atoms with van der Waals surface area (Å²) < 4.78 is 12.5. The molecule has 0 spiro atoms. The molecule has 1 amide bonds. The summed E-state index contributed by atoms with van der Waals surface area (Å²) in [6, 6.07) is 22.4. The monoisotopic (exact) mass is 485 g/mol. The molecule has 0 fully saturated rings. The lowest BCUT2D eigenvalue weighted by Gasteiger charge is -2.02. The third-order valence-corrected chi connectivity index (χ3v) is 5.25. The topological polar surface area (TPSA) is 81.2 Å². The van der Waals surface area contributed by atoms with Gasteiger partial charge in [-0.25, -0.2) is 4.98 Å². The van der Waals surface area contributed by atoms with Crippen molar-refractivity contribution in [2.75, 3.05) is 5.32 Å². The number of benzene rings is 2. The normalized spacial score (nSPS) is 11.3. The number of anilines is 1.